The van der Waals surface area contributed by atoms with Crippen molar-refractivity contribution >= 4 is 35.1 Å². The highest BCUT2D eigenvalue weighted by atomic mass is 35.5. The third-order valence-electron chi connectivity index (χ3n) is 3.79. The van der Waals surface area contributed by atoms with Crippen molar-refractivity contribution in [2.45, 2.75) is 45.3 Å². The van der Waals surface area contributed by atoms with Crippen LogP contribution in [0.25, 0.3) is 0 Å². The summed E-state index contributed by atoms with van der Waals surface area (Å²) in [7, 11) is 1.50. The van der Waals surface area contributed by atoms with Gasteiger partial charge in [0.15, 0.2) is 0 Å². The maximum absolute atomic E-state index is 12.6. The van der Waals surface area contributed by atoms with Gasteiger partial charge in [-0.25, -0.2) is 5.01 Å². The minimum absolute atomic E-state index is 0.0598. The van der Waals surface area contributed by atoms with Crippen molar-refractivity contribution in [2.24, 2.45) is 5.10 Å². The van der Waals surface area contributed by atoms with Gasteiger partial charge in [-0.05, 0) is 25.5 Å². The molecule has 0 aromatic heterocycles. The average Bonchev–Trinajstić information content (AvgIpc) is 2.56. The van der Waals surface area contributed by atoms with E-state index in [4.69, 9.17) is 16.3 Å². The Balaban J connectivity index is 2.20. The number of carbonyl (C=O) groups excluding carboxylic acids is 3. The lowest BCUT2D eigenvalue weighted by Gasteiger charge is -2.23. The van der Waals surface area contributed by atoms with Crippen LogP contribution < -0.4 is 5.32 Å². The zero-order valence-corrected chi connectivity index (χ0v) is 15.7. The first-order valence-electron chi connectivity index (χ1n) is 8.36. The van der Waals surface area contributed by atoms with Crippen LogP contribution in [0.2, 0.25) is 5.02 Å². The van der Waals surface area contributed by atoms with E-state index >= 15 is 0 Å². The highest BCUT2D eigenvalue weighted by molar-refractivity contribution is 6.39. The second-order valence-electron chi connectivity index (χ2n) is 6.25. The standard InChI is InChI=1S/C18H22ClN3O4/c1-11(2)26-17(24)10-15(12-6-4-5-7-13(12)19)20-18(25)14-8-9-16(23)22(3)21-14/h4-7,11,15H,8-10H2,1-3H3,(H,20,25)/t15-/m0/s1. The van der Waals surface area contributed by atoms with Crippen LogP contribution in [0.4, 0.5) is 0 Å². The molecule has 1 aliphatic rings. The van der Waals surface area contributed by atoms with Crippen LogP contribution in [-0.4, -0.2) is 41.7 Å². The van der Waals surface area contributed by atoms with Crippen molar-refractivity contribution in [1.29, 1.82) is 0 Å². The summed E-state index contributed by atoms with van der Waals surface area (Å²) in [6, 6.07) is 6.32. The number of rotatable bonds is 6. The number of nitrogens with zero attached hydrogens (tertiary/aromatic N) is 2. The molecule has 0 radical (unpaired) electrons. The fourth-order valence-corrected chi connectivity index (χ4v) is 2.82. The molecule has 1 aliphatic heterocycles. The van der Waals surface area contributed by atoms with Gasteiger partial charge in [0, 0.05) is 24.9 Å². The van der Waals surface area contributed by atoms with Crippen molar-refractivity contribution < 1.29 is 19.1 Å². The van der Waals surface area contributed by atoms with E-state index in [9.17, 15) is 14.4 Å². The van der Waals surface area contributed by atoms with Crippen LogP contribution in [0.15, 0.2) is 29.4 Å². The number of hydrogen-bond acceptors (Lipinski definition) is 5. The van der Waals surface area contributed by atoms with Crippen LogP contribution in [0.5, 0.6) is 0 Å². The Hall–Kier alpha value is -2.41. The summed E-state index contributed by atoms with van der Waals surface area (Å²) in [6.45, 7) is 3.51. The lowest BCUT2D eigenvalue weighted by molar-refractivity contribution is -0.148. The summed E-state index contributed by atoms with van der Waals surface area (Å²) in [5, 5.41) is 8.38. The van der Waals surface area contributed by atoms with E-state index in [-0.39, 0.29) is 37.0 Å². The number of esters is 1. The van der Waals surface area contributed by atoms with Crippen LogP contribution in [0.1, 0.15) is 44.7 Å². The SMILES string of the molecule is CC(C)OC(=O)C[C@H](NC(=O)C1=NN(C)C(=O)CC1)c1ccccc1Cl. The third kappa shape index (κ3) is 5.29. The molecule has 2 amide bonds. The summed E-state index contributed by atoms with van der Waals surface area (Å²) in [6.07, 6.45) is 0.151. The molecule has 0 unspecified atom stereocenters. The van der Waals surface area contributed by atoms with Gasteiger partial charge in [0.2, 0.25) is 5.91 Å². The number of carbonyl (C=O) groups is 3. The fourth-order valence-electron chi connectivity index (χ4n) is 2.55. The number of ether oxygens (including phenoxy) is 1. The molecule has 2 rings (SSSR count). The van der Waals surface area contributed by atoms with Gasteiger partial charge in [0.1, 0.15) is 5.71 Å². The summed E-state index contributed by atoms with van der Waals surface area (Å²) in [4.78, 5) is 36.2. The van der Waals surface area contributed by atoms with Crippen molar-refractivity contribution in [3.05, 3.63) is 34.9 Å². The first kappa shape index (κ1) is 19.9. The molecule has 0 spiro atoms. The van der Waals surface area contributed by atoms with Crippen LogP contribution in [0, 0.1) is 0 Å². The second-order valence-corrected chi connectivity index (χ2v) is 6.66. The summed E-state index contributed by atoms with van der Waals surface area (Å²) in [5.41, 5.74) is 0.852. The Kier molecular flexibility index (Phi) is 6.74. The number of hydrazone groups is 1. The molecule has 0 fully saturated rings. The van der Waals surface area contributed by atoms with Gasteiger partial charge in [0.05, 0.1) is 18.6 Å². The van der Waals surface area contributed by atoms with Gasteiger partial charge in [-0.2, -0.15) is 5.10 Å². The average molecular weight is 380 g/mol. The first-order chi connectivity index (χ1) is 12.3. The number of benzene rings is 1. The van der Waals surface area contributed by atoms with E-state index in [0.717, 1.165) is 5.01 Å². The number of nitrogens with one attached hydrogen (secondary N) is 1. The van der Waals surface area contributed by atoms with Crippen molar-refractivity contribution in [1.82, 2.24) is 10.3 Å². The quantitative estimate of drug-likeness (QED) is 0.769. The van der Waals surface area contributed by atoms with Crippen LogP contribution in [-0.2, 0) is 19.1 Å². The Morgan fingerprint density at radius 3 is 2.62 bits per heavy atom. The molecule has 1 N–H and O–H groups in total. The Morgan fingerprint density at radius 2 is 2.00 bits per heavy atom. The number of hydrogen-bond donors (Lipinski definition) is 1. The van der Waals surface area contributed by atoms with Crippen molar-refractivity contribution in [3.63, 3.8) is 0 Å². The molecule has 1 aromatic carbocycles. The number of halogens is 1. The molecular weight excluding hydrogens is 358 g/mol. The van der Waals surface area contributed by atoms with Gasteiger partial charge in [0.25, 0.3) is 5.91 Å². The largest absolute Gasteiger partial charge is 0.463 e. The van der Waals surface area contributed by atoms with Gasteiger partial charge >= 0.3 is 5.97 Å². The molecule has 1 aromatic rings. The lowest BCUT2D eigenvalue weighted by atomic mass is 10.0. The maximum atomic E-state index is 12.6. The van der Waals surface area contributed by atoms with Crippen molar-refractivity contribution in [2.75, 3.05) is 7.05 Å². The molecule has 0 aliphatic carbocycles. The number of amides is 2. The van der Waals surface area contributed by atoms with E-state index in [1.807, 2.05) is 0 Å². The van der Waals surface area contributed by atoms with Gasteiger partial charge in [-0.3, -0.25) is 14.4 Å². The summed E-state index contributed by atoms with van der Waals surface area (Å²) < 4.78 is 5.18. The molecule has 26 heavy (non-hydrogen) atoms. The zero-order chi connectivity index (χ0) is 19.3. The molecule has 1 atom stereocenters. The Labute approximate surface area is 157 Å². The fraction of sp³-hybridized carbons (Fsp3) is 0.444. The second kappa shape index (κ2) is 8.80. The highest BCUT2D eigenvalue weighted by Gasteiger charge is 2.27. The van der Waals surface area contributed by atoms with E-state index in [1.54, 1.807) is 38.1 Å². The molecule has 140 valence electrons. The van der Waals surface area contributed by atoms with E-state index < -0.39 is 17.9 Å². The lowest BCUT2D eigenvalue weighted by Crippen LogP contribution is -2.40. The molecular formula is C18H22ClN3O4. The first-order valence-corrected chi connectivity index (χ1v) is 8.74. The minimum Gasteiger partial charge on any atom is -0.463 e. The Morgan fingerprint density at radius 1 is 1.31 bits per heavy atom. The maximum Gasteiger partial charge on any atom is 0.308 e. The molecule has 7 nitrogen and oxygen atoms in total. The van der Waals surface area contributed by atoms with Gasteiger partial charge in [-0.1, -0.05) is 29.8 Å². The van der Waals surface area contributed by atoms with Crippen molar-refractivity contribution in [3.8, 4) is 0 Å². The van der Waals surface area contributed by atoms with Crippen LogP contribution >= 0.6 is 11.6 Å². The zero-order valence-electron chi connectivity index (χ0n) is 15.0. The highest BCUT2D eigenvalue weighted by Crippen LogP contribution is 2.26. The molecule has 0 bridgehead atoms. The summed E-state index contributed by atoms with van der Waals surface area (Å²) >= 11 is 6.23. The van der Waals surface area contributed by atoms with E-state index in [0.29, 0.717) is 10.6 Å². The smallest absolute Gasteiger partial charge is 0.308 e. The summed E-state index contributed by atoms with van der Waals surface area (Å²) in [5.74, 6) is -1.03. The van der Waals surface area contributed by atoms with E-state index in [2.05, 4.69) is 10.4 Å². The van der Waals surface area contributed by atoms with Crippen LogP contribution in [0.3, 0.4) is 0 Å². The topological polar surface area (TPSA) is 88.1 Å². The molecule has 0 saturated carbocycles. The molecule has 8 heteroatoms. The van der Waals surface area contributed by atoms with Gasteiger partial charge in [-0.15, -0.1) is 0 Å². The normalized spacial score (nSPS) is 15.5. The monoisotopic (exact) mass is 379 g/mol. The van der Waals surface area contributed by atoms with Gasteiger partial charge < -0.3 is 10.1 Å². The predicted octanol–water partition coefficient (Wildman–Crippen LogP) is 2.45. The molecule has 1 heterocycles. The third-order valence-corrected chi connectivity index (χ3v) is 4.14. The van der Waals surface area contributed by atoms with E-state index in [1.165, 1.54) is 7.05 Å². The predicted molar refractivity (Wildman–Crippen MR) is 97.6 cm³/mol. The molecule has 0 saturated heterocycles. The Bertz CT molecular complexity index is 733. The minimum atomic E-state index is -0.659.